The zero-order chi connectivity index (χ0) is 31.0. The number of nitrogens with one attached hydrogen (secondary N) is 2. The fraction of sp³-hybridized carbons (Fsp3) is 0.724. The van der Waals surface area contributed by atoms with Gasteiger partial charge < -0.3 is 15.1 Å². The minimum Gasteiger partial charge on any atom is -0.340 e. The second-order valence-corrected chi connectivity index (χ2v) is 13.7. The van der Waals surface area contributed by atoms with Crippen LogP contribution in [-0.2, 0) is 29.2 Å². The lowest BCUT2D eigenvalue weighted by Gasteiger charge is -2.33. The van der Waals surface area contributed by atoms with Crippen LogP contribution in [0, 0.1) is 0 Å². The van der Waals surface area contributed by atoms with Gasteiger partial charge >= 0.3 is 0 Å². The number of sulfonamides is 1. The first kappa shape index (κ1) is 33.7. The van der Waals surface area contributed by atoms with Crippen LogP contribution in [0.4, 0.5) is 8.78 Å². The van der Waals surface area contributed by atoms with E-state index in [9.17, 15) is 36.4 Å². The van der Waals surface area contributed by atoms with Crippen LogP contribution < -0.4 is 10.0 Å². The molecule has 2 heterocycles. The van der Waals surface area contributed by atoms with Crippen molar-refractivity contribution in [2.45, 2.75) is 113 Å². The van der Waals surface area contributed by atoms with E-state index >= 15 is 0 Å². The molecule has 1 saturated carbocycles. The molecule has 4 amide bonds. The molecule has 0 spiro atoms. The number of hydrogen-bond donors (Lipinski definition) is 2. The van der Waals surface area contributed by atoms with Crippen molar-refractivity contribution < 1.29 is 36.4 Å². The quantitative estimate of drug-likeness (QED) is 0.215. The van der Waals surface area contributed by atoms with Crippen LogP contribution in [0.3, 0.4) is 0 Å². The number of amides is 4. The van der Waals surface area contributed by atoms with E-state index in [-0.39, 0.29) is 45.2 Å². The SMILES string of the molecule is C=CCCCCC=CCC(C)(NC(=O)C1CCCN1C(=O)CCC(=O)N1CCCC(F)(F)C1)C(=O)NS(=O)(=O)C1CC1. The summed E-state index contributed by atoms with van der Waals surface area (Å²) < 4.78 is 54.5. The number of piperidine rings is 1. The topological polar surface area (TPSA) is 133 Å². The van der Waals surface area contributed by atoms with Gasteiger partial charge in [-0.2, -0.15) is 0 Å². The van der Waals surface area contributed by atoms with E-state index in [4.69, 9.17) is 0 Å². The maximum absolute atomic E-state index is 13.7. The average Bonchev–Trinajstić information content (AvgIpc) is 3.68. The van der Waals surface area contributed by atoms with Gasteiger partial charge in [0.05, 0.1) is 11.8 Å². The summed E-state index contributed by atoms with van der Waals surface area (Å²) in [5.41, 5.74) is -1.59. The minimum atomic E-state index is -3.86. The van der Waals surface area contributed by atoms with E-state index in [1.165, 1.54) is 11.8 Å². The summed E-state index contributed by atoms with van der Waals surface area (Å²) in [4.78, 5) is 54.6. The molecule has 3 aliphatic rings. The lowest BCUT2D eigenvalue weighted by molar-refractivity contribution is -0.145. The number of hydrogen-bond acceptors (Lipinski definition) is 6. The van der Waals surface area contributed by atoms with E-state index in [1.807, 2.05) is 12.2 Å². The van der Waals surface area contributed by atoms with Crippen molar-refractivity contribution in [1.29, 1.82) is 0 Å². The smallest absolute Gasteiger partial charge is 0.265 e. The predicted octanol–water partition coefficient (Wildman–Crippen LogP) is 3.19. The highest BCUT2D eigenvalue weighted by molar-refractivity contribution is 7.90. The van der Waals surface area contributed by atoms with Crippen molar-refractivity contribution in [3.8, 4) is 0 Å². The molecular weight excluding hydrogens is 570 g/mol. The van der Waals surface area contributed by atoms with Gasteiger partial charge in [0.1, 0.15) is 11.6 Å². The molecule has 236 valence electrons. The van der Waals surface area contributed by atoms with Crippen LogP contribution in [0.1, 0.15) is 90.4 Å². The molecule has 2 N–H and O–H groups in total. The lowest BCUT2D eigenvalue weighted by atomic mass is 9.95. The molecule has 2 saturated heterocycles. The summed E-state index contributed by atoms with van der Waals surface area (Å²) in [6.45, 7) is 4.99. The highest BCUT2D eigenvalue weighted by atomic mass is 32.2. The first-order chi connectivity index (χ1) is 19.8. The number of nitrogens with zero attached hydrogens (tertiary/aromatic N) is 2. The molecule has 3 fully saturated rings. The molecule has 0 radical (unpaired) electrons. The summed E-state index contributed by atoms with van der Waals surface area (Å²) in [5, 5.41) is 2.08. The molecule has 0 bridgehead atoms. The van der Waals surface area contributed by atoms with E-state index < -0.39 is 62.9 Å². The van der Waals surface area contributed by atoms with Crippen LogP contribution in [0.25, 0.3) is 0 Å². The maximum Gasteiger partial charge on any atom is 0.265 e. The van der Waals surface area contributed by atoms with Gasteiger partial charge in [0, 0.05) is 32.4 Å². The number of allylic oxidation sites excluding steroid dienone is 2. The number of carbonyl (C=O) groups is 4. The molecule has 1 aliphatic carbocycles. The summed E-state index contributed by atoms with van der Waals surface area (Å²) >= 11 is 0. The van der Waals surface area contributed by atoms with Crippen LogP contribution in [0.5, 0.6) is 0 Å². The molecule has 0 aromatic carbocycles. The van der Waals surface area contributed by atoms with Crippen LogP contribution in [-0.4, -0.2) is 84.2 Å². The average molecular weight is 615 g/mol. The summed E-state index contributed by atoms with van der Waals surface area (Å²) in [6, 6.07) is -0.901. The van der Waals surface area contributed by atoms with Gasteiger partial charge in [-0.15, -0.1) is 6.58 Å². The Labute approximate surface area is 247 Å². The molecule has 0 aromatic rings. The van der Waals surface area contributed by atoms with Crippen molar-refractivity contribution in [3.05, 3.63) is 24.8 Å². The Hall–Kier alpha value is -2.83. The lowest BCUT2D eigenvalue weighted by Crippen LogP contribution is -2.61. The normalized spacial score (nSPS) is 22.0. The molecule has 10 nitrogen and oxygen atoms in total. The van der Waals surface area contributed by atoms with Gasteiger partial charge in [-0.3, -0.25) is 23.9 Å². The number of carbonyl (C=O) groups excluding carboxylic acids is 4. The van der Waals surface area contributed by atoms with E-state index in [1.54, 1.807) is 6.08 Å². The monoisotopic (exact) mass is 614 g/mol. The highest BCUT2D eigenvalue weighted by Crippen LogP contribution is 2.29. The summed E-state index contributed by atoms with van der Waals surface area (Å²) in [5.74, 6) is -5.36. The van der Waals surface area contributed by atoms with Gasteiger partial charge in [0.25, 0.3) is 11.8 Å². The zero-order valence-corrected chi connectivity index (χ0v) is 25.2. The molecule has 2 unspecified atom stereocenters. The Morgan fingerprint density at radius 1 is 1.00 bits per heavy atom. The van der Waals surface area contributed by atoms with Gasteiger partial charge in [-0.25, -0.2) is 17.2 Å². The summed E-state index contributed by atoms with van der Waals surface area (Å²) in [6.07, 6.45) is 10.3. The van der Waals surface area contributed by atoms with E-state index in [2.05, 4.69) is 16.6 Å². The summed E-state index contributed by atoms with van der Waals surface area (Å²) in [7, 11) is -3.86. The van der Waals surface area contributed by atoms with Crippen LogP contribution in [0.15, 0.2) is 24.8 Å². The fourth-order valence-electron chi connectivity index (χ4n) is 5.28. The largest absolute Gasteiger partial charge is 0.340 e. The second kappa shape index (κ2) is 14.6. The molecule has 42 heavy (non-hydrogen) atoms. The van der Waals surface area contributed by atoms with Crippen LogP contribution in [0.2, 0.25) is 0 Å². The third kappa shape index (κ3) is 9.60. The Morgan fingerprint density at radius 2 is 1.69 bits per heavy atom. The third-order valence-electron chi connectivity index (χ3n) is 7.99. The number of likely N-dealkylation sites (tertiary alicyclic amines) is 2. The minimum absolute atomic E-state index is 0.0435. The fourth-order valence-corrected chi connectivity index (χ4v) is 6.69. The molecule has 0 aromatic heterocycles. The zero-order valence-electron chi connectivity index (χ0n) is 24.4. The maximum atomic E-state index is 13.7. The molecule has 3 rings (SSSR count). The number of rotatable bonds is 15. The standard InChI is InChI=1S/C29H44F2N4O6S/c1-3-4-5-6-7-8-9-17-28(2,27(39)33-42(40,41)22-13-14-22)32-26(38)23-12-10-20-35(23)25(37)16-15-24(36)34-19-11-18-29(30,31)21-34/h3,8-9,22-23H,1,4-7,10-21H2,2H3,(H,32,38)(H,33,39). The predicted molar refractivity (Wildman–Crippen MR) is 154 cm³/mol. The van der Waals surface area contributed by atoms with Crippen molar-refractivity contribution in [3.63, 3.8) is 0 Å². The molecule has 13 heteroatoms. The molecule has 2 aliphatic heterocycles. The van der Waals surface area contributed by atoms with Crippen LogP contribution >= 0.6 is 0 Å². The second-order valence-electron chi connectivity index (χ2n) is 11.8. The van der Waals surface area contributed by atoms with Crippen molar-refractivity contribution >= 4 is 33.7 Å². The molecule has 2 atom stereocenters. The van der Waals surface area contributed by atoms with Gasteiger partial charge in [-0.1, -0.05) is 18.2 Å². The Bertz CT molecular complexity index is 1160. The van der Waals surface area contributed by atoms with Crippen molar-refractivity contribution in [2.24, 2.45) is 0 Å². The Morgan fingerprint density at radius 3 is 2.36 bits per heavy atom. The Balaban J connectivity index is 1.62. The van der Waals surface area contributed by atoms with E-state index in [0.717, 1.165) is 30.6 Å². The third-order valence-corrected chi connectivity index (χ3v) is 9.81. The van der Waals surface area contributed by atoms with Crippen molar-refractivity contribution in [1.82, 2.24) is 19.8 Å². The number of halogens is 2. The number of unbranched alkanes of at least 4 members (excludes halogenated alkanes) is 3. The van der Waals surface area contributed by atoms with Gasteiger partial charge in [0.15, 0.2) is 0 Å². The Kier molecular flexibility index (Phi) is 11.7. The highest BCUT2D eigenvalue weighted by Gasteiger charge is 2.44. The van der Waals surface area contributed by atoms with Crippen molar-refractivity contribution in [2.75, 3.05) is 19.6 Å². The first-order valence-electron chi connectivity index (χ1n) is 14.9. The van der Waals surface area contributed by atoms with E-state index in [0.29, 0.717) is 25.7 Å². The van der Waals surface area contributed by atoms with Gasteiger partial charge in [0.2, 0.25) is 27.7 Å². The molecular formula is C29H44F2N4O6S. The number of alkyl halides is 2. The first-order valence-corrected chi connectivity index (χ1v) is 16.4. The van der Waals surface area contributed by atoms with Gasteiger partial charge in [-0.05, 0) is 71.1 Å².